The third-order valence-electron chi connectivity index (χ3n) is 3.36. The predicted octanol–water partition coefficient (Wildman–Crippen LogP) is 0.681. The maximum atomic E-state index is 9.83. The Labute approximate surface area is 116 Å². The first kappa shape index (κ1) is 12.7. The number of nitrogens with zero attached hydrogens (tertiary/aromatic N) is 3. The second-order valence-electron chi connectivity index (χ2n) is 4.99. The van der Waals surface area contributed by atoms with Gasteiger partial charge in [-0.3, -0.25) is 5.10 Å². The van der Waals surface area contributed by atoms with Gasteiger partial charge in [0.25, 0.3) is 0 Å². The molecule has 1 atom stereocenters. The molecule has 3 rings (SSSR count). The third-order valence-corrected chi connectivity index (χ3v) is 3.36. The van der Waals surface area contributed by atoms with Crippen LogP contribution < -0.4 is 10.2 Å². The van der Waals surface area contributed by atoms with Crippen LogP contribution in [0.3, 0.4) is 0 Å². The first-order valence-electron chi connectivity index (χ1n) is 6.56. The van der Waals surface area contributed by atoms with Gasteiger partial charge < -0.3 is 20.4 Å². The summed E-state index contributed by atoms with van der Waals surface area (Å²) in [6.45, 7) is 4.68. The fourth-order valence-corrected chi connectivity index (χ4v) is 2.34. The van der Waals surface area contributed by atoms with Gasteiger partial charge in [-0.1, -0.05) is 0 Å². The van der Waals surface area contributed by atoms with Crippen molar-refractivity contribution >= 4 is 5.95 Å². The van der Waals surface area contributed by atoms with Crippen molar-refractivity contribution in [1.82, 2.24) is 20.5 Å². The van der Waals surface area contributed by atoms with Gasteiger partial charge in [-0.25, -0.2) is 0 Å². The fourth-order valence-electron chi connectivity index (χ4n) is 2.34. The summed E-state index contributed by atoms with van der Waals surface area (Å²) in [5.74, 6) is 1.18. The van der Waals surface area contributed by atoms with Crippen molar-refractivity contribution in [2.75, 3.05) is 24.5 Å². The SMILES string of the molecule is C[C@H]1CN(c2n[nH]c(-c3cc(O)ccc3O)n2)CCN1. The zero-order valence-corrected chi connectivity index (χ0v) is 11.2. The molecule has 1 aliphatic rings. The predicted molar refractivity (Wildman–Crippen MR) is 74.8 cm³/mol. The Morgan fingerprint density at radius 1 is 1.35 bits per heavy atom. The number of piperazine rings is 1. The lowest BCUT2D eigenvalue weighted by atomic mass is 10.2. The topological polar surface area (TPSA) is 97.3 Å². The van der Waals surface area contributed by atoms with Gasteiger partial charge in [-0.2, -0.15) is 4.98 Å². The summed E-state index contributed by atoms with van der Waals surface area (Å²) in [4.78, 5) is 6.49. The molecule has 2 aromatic rings. The van der Waals surface area contributed by atoms with E-state index in [-0.39, 0.29) is 11.5 Å². The minimum absolute atomic E-state index is 0.0548. The monoisotopic (exact) mass is 275 g/mol. The van der Waals surface area contributed by atoms with Crippen molar-refractivity contribution in [2.45, 2.75) is 13.0 Å². The zero-order valence-electron chi connectivity index (χ0n) is 11.2. The Morgan fingerprint density at radius 3 is 3.00 bits per heavy atom. The number of phenolic OH excluding ortho intramolecular Hbond substituents is 2. The molecule has 20 heavy (non-hydrogen) atoms. The standard InChI is InChI=1S/C13H17N5O2/c1-8-7-18(5-4-14-8)13-15-12(16-17-13)10-6-9(19)2-3-11(10)20/h2-3,6,8,14,19-20H,4-5,7H2,1H3,(H,15,16,17)/t8-/m0/s1. The molecule has 1 fully saturated rings. The highest BCUT2D eigenvalue weighted by molar-refractivity contribution is 5.66. The molecule has 0 spiro atoms. The smallest absolute Gasteiger partial charge is 0.245 e. The number of hydrogen-bond donors (Lipinski definition) is 4. The molecule has 7 heteroatoms. The zero-order chi connectivity index (χ0) is 14.1. The molecule has 0 aliphatic carbocycles. The van der Waals surface area contributed by atoms with Gasteiger partial charge in [-0.05, 0) is 25.1 Å². The number of anilines is 1. The number of rotatable bonds is 2. The van der Waals surface area contributed by atoms with Crippen LogP contribution in [0, 0.1) is 0 Å². The van der Waals surface area contributed by atoms with E-state index in [1.54, 1.807) is 0 Å². The van der Waals surface area contributed by atoms with Crippen LogP contribution >= 0.6 is 0 Å². The molecule has 0 saturated carbocycles. The van der Waals surface area contributed by atoms with E-state index in [9.17, 15) is 10.2 Å². The molecule has 0 bridgehead atoms. The Kier molecular flexibility index (Phi) is 3.19. The van der Waals surface area contributed by atoms with E-state index in [0.717, 1.165) is 19.6 Å². The summed E-state index contributed by atoms with van der Waals surface area (Å²) >= 11 is 0. The number of aromatic amines is 1. The Hall–Kier alpha value is -2.28. The van der Waals surface area contributed by atoms with E-state index < -0.39 is 0 Å². The maximum absolute atomic E-state index is 9.83. The molecular weight excluding hydrogens is 258 g/mol. The number of H-pyrrole nitrogens is 1. The van der Waals surface area contributed by atoms with E-state index in [1.165, 1.54) is 18.2 Å². The summed E-state index contributed by atoms with van der Waals surface area (Å²) in [5, 5.41) is 29.7. The van der Waals surface area contributed by atoms with Crippen molar-refractivity contribution in [2.24, 2.45) is 0 Å². The number of hydrogen-bond acceptors (Lipinski definition) is 6. The van der Waals surface area contributed by atoms with Gasteiger partial charge >= 0.3 is 0 Å². The molecule has 0 unspecified atom stereocenters. The average Bonchev–Trinajstić information content (AvgIpc) is 2.91. The van der Waals surface area contributed by atoms with E-state index >= 15 is 0 Å². The highest BCUT2D eigenvalue weighted by atomic mass is 16.3. The van der Waals surface area contributed by atoms with E-state index in [1.807, 2.05) is 0 Å². The molecule has 2 heterocycles. The molecule has 0 radical (unpaired) electrons. The highest BCUT2D eigenvalue weighted by Crippen LogP contribution is 2.30. The number of aromatic nitrogens is 3. The fraction of sp³-hybridized carbons (Fsp3) is 0.385. The quantitative estimate of drug-likeness (QED) is 0.602. The molecule has 1 aromatic carbocycles. The van der Waals surface area contributed by atoms with Crippen molar-refractivity contribution in [1.29, 1.82) is 0 Å². The Balaban J connectivity index is 1.88. The van der Waals surface area contributed by atoms with Crippen LogP contribution in [-0.2, 0) is 0 Å². The van der Waals surface area contributed by atoms with Gasteiger partial charge in [0, 0.05) is 25.7 Å². The molecular formula is C13H17N5O2. The van der Waals surface area contributed by atoms with E-state index in [2.05, 4.69) is 32.3 Å². The number of nitrogens with one attached hydrogen (secondary N) is 2. The van der Waals surface area contributed by atoms with Crippen LogP contribution in [-0.4, -0.2) is 51.1 Å². The second-order valence-corrected chi connectivity index (χ2v) is 4.99. The van der Waals surface area contributed by atoms with Gasteiger partial charge in [0.05, 0.1) is 5.56 Å². The molecule has 106 valence electrons. The Bertz CT molecular complexity index is 613. The lowest BCUT2D eigenvalue weighted by molar-refractivity contribution is 0.461. The van der Waals surface area contributed by atoms with Crippen LogP contribution in [0.1, 0.15) is 6.92 Å². The third kappa shape index (κ3) is 2.39. The van der Waals surface area contributed by atoms with Crippen LogP contribution in [0.2, 0.25) is 0 Å². The van der Waals surface area contributed by atoms with Crippen LogP contribution in [0.25, 0.3) is 11.4 Å². The number of aromatic hydroxyl groups is 2. The first-order chi connectivity index (χ1) is 9.63. The van der Waals surface area contributed by atoms with Crippen molar-refractivity contribution in [3.05, 3.63) is 18.2 Å². The van der Waals surface area contributed by atoms with Gasteiger partial charge in [-0.15, -0.1) is 5.10 Å². The summed E-state index contributed by atoms with van der Waals surface area (Å²) in [7, 11) is 0. The maximum Gasteiger partial charge on any atom is 0.245 e. The average molecular weight is 275 g/mol. The molecule has 0 amide bonds. The number of benzene rings is 1. The van der Waals surface area contributed by atoms with Crippen molar-refractivity contribution < 1.29 is 10.2 Å². The lowest BCUT2D eigenvalue weighted by Crippen LogP contribution is -2.49. The van der Waals surface area contributed by atoms with Gasteiger partial charge in [0.15, 0.2) is 5.82 Å². The van der Waals surface area contributed by atoms with Crippen LogP contribution in [0.15, 0.2) is 18.2 Å². The lowest BCUT2D eigenvalue weighted by Gasteiger charge is -2.30. The minimum atomic E-state index is 0.0548. The highest BCUT2D eigenvalue weighted by Gasteiger charge is 2.20. The van der Waals surface area contributed by atoms with E-state index in [4.69, 9.17) is 0 Å². The minimum Gasteiger partial charge on any atom is -0.508 e. The van der Waals surface area contributed by atoms with Crippen molar-refractivity contribution in [3.63, 3.8) is 0 Å². The molecule has 1 saturated heterocycles. The van der Waals surface area contributed by atoms with Gasteiger partial charge in [0.2, 0.25) is 5.95 Å². The summed E-state index contributed by atoms with van der Waals surface area (Å²) in [6, 6.07) is 4.70. The Morgan fingerprint density at radius 2 is 2.20 bits per heavy atom. The summed E-state index contributed by atoms with van der Waals surface area (Å²) in [6.07, 6.45) is 0. The number of phenols is 2. The largest absolute Gasteiger partial charge is 0.508 e. The van der Waals surface area contributed by atoms with Gasteiger partial charge in [0.1, 0.15) is 11.5 Å². The molecule has 1 aliphatic heterocycles. The summed E-state index contributed by atoms with van der Waals surface area (Å²) in [5.41, 5.74) is 0.437. The second kappa shape index (κ2) is 5.01. The van der Waals surface area contributed by atoms with E-state index in [0.29, 0.717) is 23.4 Å². The van der Waals surface area contributed by atoms with Crippen LogP contribution in [0.5, 0.6) is 11.5 Å². The molecule has 1 aromatic heterocycles. The first-order valence-corrected chi connectivity index (χ1v) is 6.56. The molecule has 4 N–H and O–H groups in total. The molecule has 7 nitrogen and oxygen atoms in total. The normalized spacial score (nSPS) is 19.2. The van der Waals surface area contributed by atoms with Crippen molar-refractivity contribution in [3.8, 4) is 22.9 Å². The van der Waals surface area contributed by atoms with Crippen LogP contribution in [0.4, 0.5) is 5.95 Å². The summed E-state index contributed by atoms with van der Waals surface area (Å²) < 4.78 is 0.